The molecule has 7 aromatic rings. The summed E-state index contributed by atoms with van der Waals surface area (Å²) in [6.45, 7) is 4.65. The van der Waals surface area contributed by atoms with Gasteiger partial charge < -0.3 is 0 Å². The van der Waals surface area contributed by atoms with E-state index in [0.29, 0.717) is 17.5 Å². The fourth-order valence-electron chi connectivity index (χ4n) is 7.40. The van der Waals surface area contributed by atoms with E-state index in [1.807, 2.05) is 60.7 Å². The van der Waals surface area contributed by atoms with E-state index >= 15 is 0 Å². The molecule has 0 radical (unpaired) electrons. The standard InChI is InChI=1S/C44H35N3/c1-3-44(4-2)38-26-12-11-24-37(38)40-36(25-15-27-39(40)44)34-22-13-20-32(28-34)33-21-14-23-35(29-33)43-46-41(30-16-7-5-8-17-30)45-42(47-43)31-18-9-6-10-19-31/h5-29H,3-4H2,1-2H3. The minimum absolute atomic E-state index is 0.0512. The van der Waals surface area contributed by atoms with Crippen molar-refractivity contribution < 1.29 is 0 Å². The Kier molecular flexibility index (Phi) is 7.30. The zero-order valence-corrected chi connectivity index (χ0v) is 26.7. The minimum atomic E-state index is 0.0512. The van der Waals surface area contributed by atoms with Crippen molar-refractivity contribution in [3.8, 4) is 67.5 Å². The molecule has 226 valence electrons. The molecule has 0 fully saturated rings. The van der Waals surface area contributed by atoms with Crippen LogP contribution in [0.5, 0.6) is 0 Å². The van der Waals surface area contributed by atoms with Crippen LogP contribution in [0.25, 0.3) is 67.5 Å². The number of nitrogens with zero attached hydrogens (tertiary/aromatic N) is 3. The first-order valence-electron chi connectivity index (χ1n) is 16.5. The molecule has 0 bridgehead atoms. The Hall–Kier alpha value is -5.67. The van der Waals surface area contributed by atoms with Gasteiger partial charge in [-0.05, 0) is 69.5 Å². The second kappa shape index (κ2) is 11.9. The lowest BCUT2D eigenvalue weighted by Crippen LogP contribution is -2.22. The van der Waals surface area contributed by atoms with E-state index in [1.54, 1.807) is 0 Å². The molecule has 3 heteroatoms. The number of hydrogen-bond donors (Lipinski definition) is 0. The number of aromatic nitrogens is 3. The van der Waals surface area contributed by atoms with Gasteiger partial charge in [-0.25, -0.2) is 15.0 Å². The summed E-state index contributed by atoms with van der Waals surface area (Å²) in [5.41, 5.74) is 13.4. The van der Waals surface area contributed by atoms with Crippen LogP contribution in [-0.4, -0.2) is 15.0 Å². The molecule has 3 nitrogen and oxygen atoms in total. The molecule has 0 amide bonds. The molecular weight excluding hydrogens is 571 g/mol. The third-order valence-corrected chi connectivity index (χ3v) is 9.83. The number of rotatable bonds is 7. The van der Waals surface area contributed by atoms with Gasteiger partial charge in [0.2, 0.25) is 0 Å². The molecule has 8 rings (SSSR count). The van der Waals surface area contributed by atoms with Gasteiger partial charge >= 0.3 is 0 Å². The monoisotopic (exact) mass is 605 g/mol. The lowest BCUT2D eigenvalue weighted by atomic mass is 9.73. The maximum Gasteiger partial charge on any atom is 0.164 e. The second-order valence-electron chi connectivity index (χ2n) is 12.3. The Morgan fingerprint density at radius 3 is 1.43 bits per heavy atom. The van der Waals surface area contributed by atoms with Crippen LogP contribution in [0, 0.1) is 0 Å². The number of fused-ring (bicyclic) bond motifs is 3. The van der Waals surface area contributed by atoms with Crippen molar-refractivity contribution in [3.63, 3.8) is 0 Å². The van der Waals surface area contributed by atoms with Crippen LogP contribution >= 0.6 is 0 Å². The summed E-state index contributed by atoms with van der Waals surface area (Å²) in [6.07, 6.45) is 2.16. The molecule has 1 aromatic heterocycles. The van der Waals surface area contributed by atoms with E-state index in [2.05, 4.69) is 105 Å². The summed E-state index contributed by atoms with van der Waals surface area (Å²) in [5, 5.41) is 0. The van der Waals surface area contributed by atoms with Crippen molar-refractivity contribution in [1.82, 2.24) is 15.0 Å². The van der Waals surface area contributed by atoms with Gasteiger partial charge in [0.25, 0.3) is 0 Å². The van der Waals surface area contributed by atoms with E-state index in [9.17, 15) is 0 Å². The molecule has 0 aliphatic heterocycles. The predicted molar refractivity (Wildman–Crippen MR) is 194 cm³/mol. The van der Waals surface area contributed by atoms with Crippen LogP contribution in [0.1, 0.15) is 37.8 Å². The molecule has 0 unspecified atom stereocenters. The van der Waals surface area contributed by atoms with Gasteiger partial charge in [-0.15, -0.1) is 0 Å². The Balaban J connectivity index is 1.23. The first-order valence-corrected chi connectivity index (χ1v) is 16.5. The van der Waals surface area contributed by atoms with Crippen LogP contribution < -0.4 is 0 Å². The quantitative estimate of drug-likeness (QED) is 0.181. The van der Waals surface area contributed by atoms with Gasteiger partial charge in [-0.2, -0.15) is 0 Å². The van der Waals surface area contributed by atoms with Crippen molar-refractivity contribution in [2.45, 2.75) is 32.1 Å². The normalized spacial score (nSPS) is 12.8. The topological polar surface area (TPSA) is 38.7 Å². The first-order chi connectivity index (χ1) is 23.2. The van der Waals surface area contributed by atoms with E-state index in [4.69, 9.17) is 15.0 Å². The van der Waals surface area contributed by atoms with Gasteiger partial charge in [0, 0.05) is 22.1 Å². The molecule has 0 saturated heterocycles. The van der Waals surface area contributed by atoms with Crippen LogP contribution in [0.2, 0.25) is 0 Å². The molecular formula is C44H35N3. The Bertz CT molecular complexity index is 2160. The Morgan fingerprint density at radius 2 is 0.809 bits per heavy atom. The van der Waals surface area contributed by atoms with Gasteiger partial charge in [0.05, 0.1) is 0 Å². The summed E-state index contributed by atoms with van der Waals surface area (Å²) in [7, 11) is 0. The van der Waals surface area contributed by atoms with Crippen molar-refractivity contribution in [1.29, 1.82) is 0 Å². The average Bonchev–Trinajstić information content (AvgIpc) is 3.45. The first kappa shape index (κ1) is 28.8. The van der Waals surface area contributed by atoms with Crippen LogP contribution in [0.15, 0.2) is 152 Å². The molecule has 0 saturated carbocycles. The summed E-state index contributed by atoms with van der Waals surface area (Å²) in [4.78, 5) is 14.8. The lowest BCUT2D eigenvalue weighted by Gasteiger charge is -2.29. The maximum atomic E-state index is 4.97. The SMILES string of the molecule is CCC1(CC)c2ccccc2-c2c(-c3cccc(-c4cccc(-c5nc(-c6ccccc6)nc(-c6ccccc6)n5)c4)c3)cccc21. The summed E-state index contributed by atoms with van der Waals surface area (Å²) < 4.78 is 0. The maximum absolute atomic E-state index is 4.97. The molecule has 0 N–H and O–H groups in total. The van der Waals surface area contributed by atoms with Crippen molar-refractivity contribution in [2.75, 3.05) is 0 Å². The smallest absolute Gasteiger partial charge is 0.164 e. The highest BCUT2D eigenvalue weighted by atomic mass is 15.0. The lowest BCUT2D eigenvalue weighted by molar-refractivity contribution is 0.490. The molecule has 1 heterocycles. The third-order valence-electron chi connectivity index (χ3n) is 9.83. The van der Waals surface area contributed by atoms with Crippen LogP contribution in [-0.2, 0) is 5.41 Å². The zero-order chi connectivity index (χ0) is 31.8. The number of hydrogen-bond acceptors (Lipinski definition) is 3. The molecule has 47 heavy (non-hydrogen) atoms. The molecule has 1 aliphatic carbocycles. The fraction of sp³-hybridized carbons (Fsp3) is 0.114. The molecule has 0 atom stereocenters. The van der Waals surface area contributed by atoms with Crippen molar-refractivity contribution in [2.24, 2.45) is 0 Å². The van der Waals surface area contributed by atoms with Gasteiger partial charge in [-0.1, -0.05) is 153 Å². The molecule has 1 aliphatic rings. The highest BCUT2D eigenvalue weighted by Crippen LogP contribution is 2.55. The van der Waals surface area contributed by atoms with E-state index in [0.717, 1.165) is 40.7 Å². The zero-order valence-electron chi connectivity index (χ0n) is 26.7. The highest BCUT2D eigenvalue weighted by Gasteiger charge is 2.41. The van der Waals surface area contributed by atoms with Gasteiger partial charge in [0.1, 0.15) is 0 Å². The van der Waals surface area contributed by atoms with Crippen LogP contribution in [0.4, 0.5) is 0 Å². The Morgan fingerprint density at radius 1 is 0.383 bits per heavy atom. The van der Waals surface area contributed by atoms with Gasteiger partial charge in [-0.3, -0.25) is 0 Å². The predicted octanol–water partition coefficient (Wildman–Crippen LogP) is 11.3. The Labute approximate surface area is 276 Å². The van der Waals surface area contributed by atoms with Crippen LogP contribution in [0.3, 0.4) is 0 Å². The fourth-order valence-corrected chi connectivity index (χ4v) is 7.40. The third kappa shape index (κ3) is 4.96. The van der Waals surface area contributed by atoms with E-state index in [-0.39, 0.29) is 5.41 Å². The molecule has 6 aromatic carbocycles. The van der Waals surface area contributed by atoms with Gasteiger partial charge in [0.15, 0.2) is 17.5 Å². The summed E-state index contributed by atoms with van der Waals surface area (Å²) >= 11 is 0. The number of benzene rings is 6. The summed E-state index contributed by atoms with van der Waals surface area (Å²) in [5.74, 6) is 1.98. The summed E-state index contributed by atoms with van der Waals surface area (Å²) in [6, 6.07) is 53.6. The highest BCUT2D eigenvalue weighted by molar-refractivity contribution is 5.93. The van der Waals surface area contributed by atoms with E-state index < -0.39 is 0 Å². The van der Waals surface area contributed by atoms with Crippen molar-refractivity contribution >= 4 is 0 Å². The average molecular weight is 606 g/mol. The van der Waals surface area contributed by atoms with E-state index in [1.165, 1.54) is 33.4 Å². The minimum Gasteiger partial charge on any atom is -0.208 e. The second-order valence-corrected chi connectivity index (χ2v) is 12.3. The molecule has 0 spiro atoms. The largest absolute Gasteiger partial charge is 0.208 e. The van der Waals surface area contributed by atoms with Crippen molar-refractivity contribution in [3.05, 3.63) is 163 Å².